The molecular formula is C23H28N6OS. The Bertz CT molecular complexity index is 1090. The molecule has 0 radical (unpaired) electrons. The van der Waals surface area contributed by atoms with E-state index in [-0.39, 0.29) is 11.8 Å². The fraction of sp³-hybridized carbons (Fsp3) is 0.435. The summed E-state index contributed by atoms with van der Waals surface area (Å²) in [7, 11) is 0. The summed E-state index contributed by atoms with van der Waals surface area (Å²) in [5.74, 6) is 2.74. The van der Waals surface area contributed by atoms with Gasteiger partial charge in [0.15, 0.2) is 5.82 Å². The average Bonchev–Trinajstić information content (AvgIpc) is 3.01. The van der Waals surface area contributed by atoms with E-state index in [9.17, 15) is 4.79 Å². The van der Waals surface area contributed by atoms with E-state index < -0.39 is 0 Å². The molecule has 1 N–H and O–H groups in total. The van der Waals surface area contributed by atoms with E-state index >= 15 is 0 Å². The summed E-state index contributed by atoms with van der Waals surface area (Å²) in [6, 6.07) is 7.78. The standard InChI is InChI=1S/C23H28N6OS/c1-14(2)20-24-15(3)19(23(26-20)31-4)22(30)25-17-11-9-16(10-12-17)21-28-27-18-8-6-5-7-13-29(18)21/h9-12,14H,5-8,13H2,1-4H3,(H,25,30). The predicted octanol–water partition coefficient (Wildman–Crippen LogP) is 4.87. The zero-order valence-corrected chi connectivity index (χ0v) is 19.3. The molecule has 0 aliphatic carbocycles. The summed E-state index contributed by atoms with van der Waals surface area (Å²) in [5, 5.41) is 12.5. The van der Waals surface area contributed by atoms with Crippen LogP contribution in [0.4, 0.5) is 5.69 Å². The Labute approximate surface area is 187 Å². The van der Waals surface area contributed by atoms with Gasteiger partial charge in [-0.1, -0.05) is 20.3 Å². The quantitative estimate of drug-likeness (QED) is 0.454. The van der Waals surface area contributed by atoms with Crippen molar-refractivity contribution in [1.29, 1.82) is 0 Å². The van der Waals surface area contributed by atoms with E-state index in [1.807, 2.05) is 37.4 Å². The van der Waals surface area contributed by atoms with Gasteiger partial charge in [-0.25, -0.2) is 9.97 Å². The Kier molecular flexibility index (Phi) is 6.36. The molecule has 7 nitrogen and oxygen atoms in total. The second-order valence-corrected chi connectivity index (χ2v) is 8.93. The highest BCUT2D eigenvalue weighted by Gasteiger charge is 2.20. The van der Waals surface area contributed by atoms with Gasteiger partial charge in [-0.15, -0.1) is 22.0 Å². The molecule has 3 aromatic rings. The highest BCUT2D eigenvalue weighted by atomic mass is 32.2. The minimum Gasteiger partial charge on any atom is -0.322 e. The Morgan fingerprint density at radius 2 is 1.87 bits per heavy atom. The number of aromatic nitrogens is 5. The summed E-state index contributed by atoms with van der Waals surface area (Å²) < 4.78 is 2.22. The molecule has 4 rings (SSSR count). The number of hydrogen-bond donors (Lipinski definition) is 1. The first-order chi connectivity index (χ1) is 15.0. The van der Waals surface area contributed by atoms with Crippen LogP contribution in [0.1, 0.15) is 66.7 Å². The lowest BCUT2D eigenvalue weighted by Crippen LogP contribution is -2.17. The van der Waals surface area contributed by atoms with Gasteiger partial charge in [-0.2, -0.15) is 0 Å². The minimum absolute atomic E-state index is 0.193. The molecule has 3 heterocycles. The number of amides is 1. The lowest BCUT2D eigenvalue weighted by molar-refractivity contribution is 0.102. The first kappa shape index (κ1) is 21.5. The van der Waals surface area contributed by atoms with E-state index in [4.69, 9.17) is 0 Å². The maximum atomic E-state index is 13.0. The van der Waals surface area contributed by atoms with E-state index in [0.29, 0.717) is 16.3 Å². The van der Waals surface area contributed by atoms with Crippen LogP contribution >= 0.6 is 11.8 Å². The van der Waals surface area contributed by atoms with Crippen LogP contribution in [-0.2, 0) is 13.0 Å². The van der Waals surface area contributed by atoms with Crippen LogP contribution in [-0.4, -0.2) is 36.9 Å². The number of nitrogens with one attached hydrogen (secondary N) is 1. The number of carbonyl (C=O) groups excluding carboxylic acids is 1. The Morgan fingerprint density at radius 3 is 2.58 bits per heavy atom. The first-order valence-corrected chi connectivity index (χ1v) is 12.0. The van der Waals surface area contributed by atoms with Gasteiger partial charge in [-0.05, 0) is 50.3 Å². The monoisotopic (exact) mass is 436 g/mol. The van der Waals surface area contributed by atoms with Gasteiger partial charge in [0, 0.05) is 30.1 Å². The molecule has 0 unspecified atom stereocenters. The summed E-state index contributed by atoms with van der Waals surface area (Å²) in [4.78, 5) is 22.1. The molecule has 0 fully saturated rings. The molecule has 31 heavy (non-hydrogen) atoms. The van der Waals surface area contributed by atoms with Crippen LogP contribution in [0.3, 0.4) is 0 Å². The second-order valence-electron chi connectivity index (χ2n) is 8.14. The van der Waals surface area contributed by atoms with E-state index in [1.165, 1.54) is 24.6 Å². The van der Waals surface area contributed by atoms with E-state index in [0.717, 1.165) is 48.1 Å². The molecule has 8 heteroatoms. The van der Waals surface area contributed by atoms with Crippen molar-refractivity contribution in [2.24, 2.45) is 0 Å². The van der Waals surface area contributed by atoms with Crippen molar-refractivity contribution in [1.82, 2.24) is 24.7 Å². The third-order valence-corrected chi connectivity index (χ3v) is 6.20. The van der Waals surface area contributed by atoms with Crippen LogP contribution in [0.5, 0.6) is 0 Å². The van der Waals surface area contributed by atoms with Crippen molar-refractivity contribution in [2.45, 2.75) is 63.9 Å². The van der Waals surface area contributed by atoms with Crippen molar-refractivity contribution in [2.75, 3.05) is 11.6 Å². The number of rotatable bonds is 5. The van der Waals surface area contributed by atoms with Crippen LogP contribution in [0, 0.1) is 6.92 Å². The number of aryl methyl sites for hydroxylation is 2. The summed E-state index contributed by atoms with van der Waals surface area (Å²) in [5.41, 5.74) is 2.96. The number of thioether (sulfide) groups is 1. The van der Waals surface area contributed by atoms with E-state index in [1.54, 1.807) is 0 Å². The van der Waals surface area contributed by atoms with Crippen molar-refractivity contribution < 1.29 is 4.79 Å². The molecule has 1 amide bonds. The van der Waals surface area contributed by atoms with Gasteiger partial charge in [0.25, 0.3) is 5.91 Å². The molecular weight excluding hydrogens is 408 g/mol. The molecule has 2 aromatic heterocycles. The minimum atomic E-state index is -0.193. The van der Waals surface area contributed by atoms with Crippen molar-refractivity contribution >= 4 is 23.4 Å². The van der Waals surface area contributed by atoms with Crippen molar-refractivity contribution in [3.63, 3.8) is 0 Å². The van der Waals surface area contributed by atoms with Crippen molar-refractivity contribution in [3.8, 4) is 11.4 Å². The zero-order valence-electron chi connectivity index (χ0n) is 18.5. The maximum Gasteiger partial charge on any atom is 0.260 e. The van der Waals surface area contributed by atoms with E-state index in [2.05, 4.69) is 43.9 Å². The first-order valence-electron chi connectivity index (χ1n) is 10.7. The lowest BCUT2D eigenvalue weighted by atomic mass is 10.1. The number of benzene rings is 1. The van der Waals surface area contributed by atoms with Crippen molar-refractivity contribution in [3.05, 3.63) is 47.2 Å². The number of carbonyl (C=O) groups is 1. The summed E-state index contributed by atoms with van der Waals surface area (Å²) in [6.07, 6.45) is 6.46. The predicted molar refractivity (Wildman–Crippen MR) is 124 cm³/mol. The summed E-state index contributed by atoms with van der Waals surface area (Å²) in [6.45, 7) is 6.92. The number of anilines is 1. The fourth-order valence-corrected chi connectivity index (χ4v) is 4.46. The van der Waals surface area contributed by atoms with Gasteiger partial charge < -0.3 is 9.88 Å². The molecule has 0 spiro atoms. The normalized spacial score (nSPS) is 13.7. The van der Waals surface area contributed by atoms with Gasteiger partial charge >= 0.3 is 0 Å². The fourth-order valence-electron chi connectivity index (χ4n) is 3.83. The SMILES string of the molecule is CSc1nc(C(C)C)nc(C)c1C(=O)Nc1ccc(-c2nnc3n2CCCCC3)cc1. The molecule has 0 bridgehead atoms. The Hall–Kier alpha value is -2.74. The topological polar surface area (TPSA) is 85.6 Å². The molecule has 1 aliphatic rings. The highest BCUT2D eigenvalue weighted by molar-refractivity contribution is 7.98. The van der Waals surface area contributed by atoms with Gasteiger partial charge in [0.05, 0.1) is 11.3 Å². The third kappa shape index (κ3) is 4.49. The van der Waals surface area contributed by atoms with Gasteiger partial charge in [0.1, 0.15) is 16.7 Å². The van der Waals surface area contributed by atoms with Crippen LogP contribution in [0.2, 0.25) is 0 Å². The number of nitrogens with zero attached hydrogens (tertiary/aromatic N) is 5. The van der Waals surface area contributed by atoms with Gasteiger partial charge in [0.2, 0.25) is 0 Å². The molecule has 0 saturated carbocycles. The molecule has 0 atom stereocenters. The zero-order chi connectivity index (χ0) is 22.0. The molecule has 1 aliphatic heterocycles. The smallest absolute Gasteiger partial charge is 0.260 e. The second kappa shape index (κ2) is 9.18. The van der Waals surface area contributed by atoms with Gasteiger partial charge in [-0.3, -0.25) is 4.79 Å². The number of hydrogen-bond acceptors (Lipinski definition) is 6. The van der Waals surface area contributed by atoms with Crippen LogP contribution in [0.25, 0.3) is 11.4 Å². The third-order valence-electron chi connectivity index (χ3n) is 5.52. The average molecular weight is 437 g/mol. The summed E-state index contributed by atoms with van der Waals surface area (Å²) >= 11 is 1.47. The van der Waals surface area contributed by atoms with Crippen LogP contribution < -0.4 is 5.32 Å². The maximum absolute atomic E-state index is 13.0. The lowest BCUT2D eigenvalue weighted by Gasteiger charge is -2.14. The molecule has 1 aromatic carbocycles. The molecule has 0 saturated heterocycles. The highest BCUT2D eigenvalue weighted by Crippen LogP contribution is 2.26. The van der Waals surface area contributed by atoms with Crippen LogP contribution in [0.15, 0.2) is 29.3 Å². The largest absolute Gasteiger partial charge is 0.322 e. The molecule has 162 valence electrons. The Balaban J connectivity index is 1.55. The Morgan fingerprint density at radius 1 is 1.10 bits per heavy atom. The number of fused-ring (bicyclic) bond motifs is 1.